The Bertz CT molecular complexity index is 989. The number of likely N-dealkylation sites (N-methyl/N-ethyl adjacent to an activating group) is 1. The van der Waals surface area contributed by atoms with Crippen LogP contribution in [-0.2, 0) is 10.4 Å². The van der Waals surface area contributed by atoms with Crippen LogP contribution >= 0.6 is 11.3 Å². The predicted octanol–water partition coefficient (Wildman–Crippen LogP) is 1.90. The Morgan fingerprint density at radius 1 is 1.27 bits per heavy atom. The van der Waals surface area contributed by atoms with Crippen molar-refractivity contribution < 1.29 is 9.90 Å². The number of nitrogens with zero attached hydrogens (tertiary/aromatic N) is 4. The molecule has 132 valence electrons. The molecular weight excluding hydrogens is 350 g/mol. The Balaban J connectivity index is 1.69. The fourth-order valence-corrected chi connectivity index (χ4v) is 3.88. The Morgan fingerprint density at radius 2 is 2.12 bits per heavy atom. The number of nitrogens with two attached hydrogens (primary N) is 1. The molecule has 1 aliphatic rings. The molecular formula is C18H17N5O2S. The summed E-state index contributed by atoms with van der Waals surface area (Å²) in [6.45, 7) is 0.538. The van der Waals surface area contributed by atoms with E-state index in [1.165, 1.54) is 11.3 Å². The molecule has 8 heteroatoms. The predicted molar refractivity (Wildman–Crippen MR) is 99.1 cm³/mol. The Morgan fingerprint density at radius 3 is 2.85 bits per heavy atom. The molecule has 1 saturated heterocycles. The van der Waals surface area contributed by atoms with Crippen molar-refractivity contribution in [3.8, 4) is 22.0 Å². The van der Waals surface area contributed by atoms with Gasteiger partial charge in [-0.1, -0.05) is 18.2 Å². The van der Waals surface area contributed by atoms with Gasteiger partial charge in [0.05, 0.1) is 5.69 Å². The lowest BCUT2D eigenvalue weighted by Crippen LogP contribution is -2.36. The third-order valence-corrected chi connectivity index (χ3v) is 5.43. The quantitative estimate of drug-likeness (QED) is 0.732. The van der Waals surface area contributed by atoms with Crippen molar-refractivity contribution in [3.63, 3.8) is 0 Å². The monoisotopic (exact) mass is 367 g/mol. The molecule has 1 aliphatic heterocycles. The average molecular weight is 367 g/mol. The van der Waals surface area contributed by atoms with Gasteiger partial charge in [0.25, 0.3) is 5.91 Å². The topological polar surface area (TPSA) is 105 Å². The maximum Gasteiger partial charge on any atom is 0.258 e. The van der Waals surface area contributed by atoms with Gasteiger partial charge in [0.1, 0.15) is 10.7 Å². The maximum atomic E-state index is 12.3. The van der Waals surface area contributed by atoms with Crippen LogP contribution in [0.1, 0.15) is 12.0 Å². The lowest BCUT2D eigenvalue weighted by Gasteiger charge is -2.21. The first kappa shape index (κ1) is 16.6. The molecule has 3 heterocycles. The van der Waals surface area contributed by atoms with Crippen molar-refractivity contribution in [2.24, 2.45) is 0 Å². The fourth-order valence-electron chi connectivity index (χ4n) is 3.07. The van der Waals surface area contributed by atoms with Crippen LogP contribution in [0.4, 0.5) is 5.95 Å². The third kappa shape index (κ3) is 2.73. The highest BCUT2D eigenvalue weighted by molar-refractivity contribution is 7.13. The van der Waals surface area contributed by atoms with Crippen molar-refractivity contribution >= 4 is 23.2 Å². The summed E-state index contributed by atoms with van der Waals surface area (Å²) in [6.07, 6.45) is 1.98. The fraction of sp³-hybridized carbons (Fsp3) is 0.222. The van der Waals surface area contributed by atoms with E-state index < -0.39 is 5.60 Å². The highest BCUT2D eigenvalue weighted by Crippen LogP contribution is 2.35. The van der Waals surface area contributed by atoms with E-state index in [0.717, 1.165) is 10.6 Å². The summed E-state index contributed by atoms with van der Waals surface area (Å²) in [6, 6.07) is 9.10. The van der Waals surface area contributed by atoms with Crippen molar-refractivity contribution in [3.05, 3.63) is 47.5 Å². The van der Waals surface area contributed by atoms with Crippen LogP contribution in [0.2, 0.25) is 0 Å². The minimum absolute atomic E-state index is 0.199. The van der Waals surface area contributed by atoms with Gasteiger partial charge >= 0.3 is 0 Å². The summed E-state index contributed by atoms with van der Waals surface area (Å²) in [5.74, 6) is -0.0731. The second kappa shape index (κ2) is 6.15. The molecule has 1 amide bonds. The van der Waals surface area contributed by atoms with Crippen LogP contribution in [0.25, 0.3) is 22.0 Å². The molecule has 0 spiro atoms. The normalized spacial score (nSPS) is 19.9. The summed E-state index contributed by atoms with van der Waals surface area (Å²) < 4.78 is 0. The second-order valence-electron chi connectivity index (χ2n) is 6.26. The van der Waals surface area contributed by atoms with Gasteiger partial charge in [-0.2, -0.15) is 0 Å². The SMILES string of the molecule is CN1CCC(O)(c2cccc(-c3nc(-c4ccnc(N)n4)cs3)c2)C1=O. The smallest absolute Gasteiger partial charge is 0.258 e. The summed E-state index contributed by atoms with van der Waals surface area (Å²) >= 11 is 1.47. The molecule has 0 aliphatic carbocycles. The molecule has 0 radical (unpaired) electrons. The number of aliphatic hydroxyl groups is 1. The van der Waals surface area contributed by atoms with E-state index in [1.54, 1.807) is 30.3 Å². The van der Waals surface area contributed by atoms with Gasteiger partial charge in [0, 0.05) is 37.2 Å². The van der Waals surface area contributed by atoms with Crippen LogP contribution in [0, 0.1) is 0 Å². The molecule has 7 nitrogen and oxygen atoms in total. The molecule has 0 saturated carbocycles. The lowest BCUT2D eigenvalue weighted by molar-refractivity contribution is -0.143. The first-order valence-electron chi connectivity index (χ1n) is 8.11. The van der Waals surface area contributed by atoms with Gasteiger partial charge in [-0.05, 0) is 17.7 Å². The highest BCUT2D eigenvalue weighted by atomic mass is 32.1. The minimum Gasteiger partial charge on any atom is -0.375 e. The molecule has 4 rings (SSSR count). The zero-order valence-corrected chi connectivity index (χ0v) is 14.9. The summed E-state index contributed by atoms with van der Waals surface area (Å²) in [5, 5.41) is 13.5. The number of carbonyl (C=O) groups is 1. The number of nitrogen functional groups attached to an aromatic ring is 1. The van der Waals surface area contributed by atoms with E-state index in [1.807, 2.05) is 23.6 Å². The van der Waals surface area contributed by atoms with Gasteiger partial charge in [-0.25, -0.2) is 15.0 Å². The molecule has 1 aromatic carbocycles. The number of anilines is 1. The van der Waals surface area contributed by atoms with Gasteiger partial charge < -0.3 is 15.7 Å². The number of likely N-dealkylation sites (tertiary alicyclic amines) is 1. The summed E-state index contributed by atoms with van der Waals surface area (Å²) in [4.78, 5) is 26.6. The Labute approximate surface area is 154 Å². The zero-order valence-electron chi connectivity index (χ0n) is 14.1. The van der Waals surface area contributed by atoms with Gasteiger partial charge in [0.2, 0.25) is 5.95 Å². The molecule has 1 atom stereocenters. The molecule has 0 bridgehead atoms. The van der Waals surface area contributed by atoms with E-state index in [4.69, 9.17) is 5.73 Å². The highest BCUT2D eigenvalue weighted by Gasteiger charge is 2.45. The number of amides is 1. The van der Waals surface area contributed by atoms with E-state index in [-0.39, 0.29) is 11.9 Å². The summed E-state index contributed by atoms with van der Waals surface area (Å²) in [5.41, 5.74) is 6.96. The molecule has 1 fully saturated rings. The number of hydrogen-bond acceptors (Lipinski definition) is 7. The van der Waals surface area contributed by atoms with Crippen molar-refractivity contribution in [2.45, 2.75) is 12.0 Å². The Kier molecular flexibility index (Phi) is 3.93. The summed E-state index contributed by atoms with van der Waals surface area (Å²) in [7, 11) is 1.70. The molecule has 1 unspecified atom stereocenters. The van der Waals surface area contributed by atoms with E-state index in [0.29, 0.717) is 29.9 Å². The first-order valence-corrected chi connectivity index (χ1v) is 8.98. The average Bonchev–Trinajstić information content (AvgIpc) is 3.24. The van der Waals surface area contributed by atoms with Crippen molar-refractivity contribution in [1.82, 2.24) is 19.9 Å². The second-order valence-corrected chi connectivity index (χ2v) is 7.11. The number of thiazole rings is 1. The van der Waals surface area contributed by atoms with Crippen molar-refractivity contribution in [1.29, 1.82) is 0 Å². The number of aromatic nitrogens is 3. The lowest BCUT2D eigenvalue weighted by atomic mass is 9.91. The Hall–Kier alpha value is -2.84. The minimum atomic E-state index is -1.47. The van der Waals surface area contributed by atoms with Crippen molar-refractivity contribution in [2.75, 3.05) is 19.3 Å². The van der Waals surface area contributed by atoms with Gasteiger partial charge in [0.15, 0.2) is 5.60 Å². The molecule has 3 aromatic rings. The van der Waals surface area contributed by atoms with Gasteiger partial charge in [-0.15, -0.1) is 11.3 Å². The van der Waals surface area contributed by atoms with E-state index in [2.05, 4.69) is 15.0 Å². The van der Waals surface area contributed by atoms with Crippen LogP contribution in [-0.4, -0.2) is 44.5 Å². The molecule has 26 heavy (non-hydrogen) atoms. The standard InChI is InChI=1S/C18H17N5O2S/c1-23-8-6-18(25,16(23)24)12-4-2-3-11(9-12)15-21-14(10-26-15)13-5-7-20-17(19)22-13/h2-5,7,9-10,25H,6,8H2,1H3,(H2,19,20,22). The molecule has 2 aromatic heterocycles. The van der Waals surface area contributed by atoms with Crippen LogP contribution < -0.4 is 5.73 Å². The van der Waals surface area contributed by atoms with Crippen LogP contribution in [0.3, 0.4) is 0 Å². The number of hydrogen-bond donors (Lipinski definition) is 2. The number of benzene rings is 1. The number of rotatable bonds is 3. The van der Waals surface area contributed by atoms with Crippen LogP contribution in [0.5, 0.6) is 0 Å². The van der Waals surface area contributed by atoms with E-state index in [9.17, 15) is 9.90 Å². The molecule has 3 N–H and O–H groups in total. The van der Waals surface area contributed by atoms with E-state index >= 15 is 0 Å². The largest absolute Gasteiger partial charge is 0.375 e. The van der Waals surface area contributed by atoms with Gasteiger partial charge in [-0.3, -0.25) is 4.79 Å². The third-order valence-electron chi connectivity index (χ3n) is 4.54. The zero-order chi connectivity index (χ0) is 18.3. The first-order chi connectivity index (χ1) is 12.5. The number of carbonyl (C=O) groups excluding carboxylic acids is 1. The maximum absolute atomic E-state index is 12.3. The van der Waals surface area contributed by atoms with Crippen LogP contribution in [0.15, 0.2) is 41.9 Å².